The van der Waals surface area contributed by atoms with Crippen LogP contribution in [0.15, 0.2) is 0 Å². The van der Waals surface area contributed by atoms with Gasteiger partial charge in [0.2, 0.25) is 0 Å². The van der Waals surface area contributed by atoms with Crippen LogP contribution in [0.5, 0.6) is 0 Å². The first-order valence-corrected chi connectivity index (χ1v) is 6.83. The van der Waals surface area contributed by atoms with Gasteiger partial charge in [-0.15, -0.1) is 0 Å². The van der Waals surface area contributed by atoms with Crippen molar-refractivity contribution in [1.82, 2.24) is 10.2 Å². The van der Waals surface area contributed by atoms with Crippen molar-refractivity contribution in [3.63, 3.8) is 0 Å². The zero-order valence-corrected chi connectivity index (χ0v) is 11.6. The van der Waals surface area contributed by atoms with Gasteiger partial charge in [-0.25, -0.2) is 0 Å². The van der Waals surface area contributed by atoms with Gasteiger partial charge < -0.3 is 15.0 Å². The summed E-state index contributed by atoms with van der Waals surface area (Å²) in [6, 6.07) is 0. The van der Waals surface area contributed by atoms with E-state index in [0.29, 0.717) is 13.2 Å². The van der Waals surface area contributed by atoms with Gasteiger partial charge in [-0.3, -0.25) is 4.79 Å². The molecule has 0 aromatic rings. The van der Waals surface area contributed by atoms with Gasteiger partial charge in [-0.05, 0) is 25.9 Å². The molecule has 0 aliphatic rings. The van der Waals surface area contributed by atoms with Crippen LogP contribution in [0.3, 0.4) is 0 Å². The summed E-state index contributed by atoms with van der Waals surface area (Å²) in [6.45, 7) is 11.3. The van der Waals surface area contributed by atoms with E-state index in [1.807, 2.05) is 0 Å². The summed E-state index contributed by atoms with van der Waals surface area (Å²) in [7, 11) is 0. The summed E-state index contributed by atoms with van der Waals surface area (Å²) in [5.41, 5.74) is 0. The number of carbonyl (C=O) groups is 1. The molecule has 0 aliphatic carbocycles. The molecule has 0 fully saturated rings. The number of nitrogens with zero attached hydrogens (tertiary/aromatic N) is 1. The molecule has 0 saturated carbocycles. The maximum absolute atomic E-state index is 11.3. The van der Waals surface area contributed by atoms with E-state index < -0.39 is 0 Å². The zero-order valence-electron chi connectivity index (χ0n) is 11.6. The minimum Gasteiger partial charge on any atom is -0.465 e. The standard InChI is InChI=1S/C13H28N2O2/c1-4-7-11-17-13(16)12-14-8-10-15(6-3)9-5-2/h14H,4-12H2,1-3H3. The Morgan fingerprint density at radius 3 is 2.53 bits per heavy atom. The molecule has 0 aromatic heterocycles. The monoisotopic (exact) mass is 244 g/mol. The number of ether oxygens (including phenoxy) is 1. The number of nitrogens with one attached hydrogen (secondary N) is 1. The van der Waals surface area contributed by atoms with Crippen molar-refractivity contribution in [2.75, 3.05) is 39.3 Å². The third-order valence-electron chi connectivity index (χ3n) is 2.62. The Kier molecular flexibility index (Phi) is 11.4. The van der Waals surface area contributed by atoms with Crippen LogP contribution in [-0.2, 0) is 9.53 Å². The summed E-state index contributed by atoms with van der Waals surface area (Å²) in [4.78, 5) is 13.6. The molecule has 0 rings (SSSR count). The Labute approximate surface area is 106 Å². The van der Waals surface area contributed by atoms with E-state index in [0.717, 1.165) is 39.0 Å². The fourth-order valence-corrected chi connectivity index (χ4v) is 1.55. The molecule has 0 bridgehead atoms. The second-order valence-electron chi connectivity index (χ2n) is 4.19. The van der Waals surface area contributed by atoms with E-state index in [2.05, 4.69) is 31.0 Å². The summed E-state index contributed by atoms with van der Waals surface area (Å²) in [5.74, 6) is -0.142. The van der Waals surface area contributed by atoms with Crippen molar-refractivity contribution in [3.8, 4) is 0 Å². The first-order valence-electron chi connectivity index (χ1n) is 6.83. The fraction of sp³-hybridized carbons (Fsp3) is 0.923. The van der Waals surface area contributed by atoms with Crippen LogP contribution in [0, 0.1) is 0 Å². The molecule has 0 aromatic carbocycles. The van der Waals surface area contributed by atoms with Crippen molar-refractivity contribution in [2.45, 2.75) is 40.0 Å². The van der Waals surface area contributed by atoms with Gasteiger partial charge >= 0.3 is 5.97 Å². The zero-order chi connectivity index (χ0) is 12.9. The van der Waals surface area contributed by atoms with Crippen LogP contribution >= 0.6 is 0 Å². The average Bonchev–Trinajstić information content (AvgIpc) is 2.33. The predicted molar refractivity (Wildman–Crippen MR) is 71.1 cm³/mol. The number of hydrogen-bond acceptors (Lipinski definition) is 4. The number of carbonyl (C=O) groups excluding carboxylic acids is 1. The lowest BCUT2D eigenvalue weighted by Crippen LogP contribution is -2.35. The smallest absolute Gasteiger partial charge is 0.319 e. The molecule has 17 heavy (non-hydrogen) atoms. The Hall–Kier alpha value is -0.610. The van der Waals surface area contributed by atoms with Crippen LogP contribution in [0.25, 0.3) is 0 Å². The summed E-state index contributed by atoms with van der Waals surface area (Å²) < 4.78 is 5.05. The molecule has 0 atom stereocenters. The van der Waals surface area contributed by atoms with Crippen LogP contribution in [0.1, 0.15) is 40.0 Å². The summed E-state index contributed by atoms with van der Waals surface area (Å²) >= 11 is 0. The highest BCUT2D eigenvalue weighted by molar-refractivity contribution is 5.71. The minimum atomic E-state index is -0.142. The number of likely N-dealkylation sites (N-methyl/N-ethyl adjacent to an activating group) is 1. The van der Waals surface area contributed by atoms with Crippen LogP contribution in [0.4, 0.5) is 0 Å². The highest BCUT2D eigenvalue weighted by atomic mass is 16.5. The van der Waals surface area contributed by atoms with Crippen molar-refractivity contribution >= 4 is 5.97 Å². The van der Waals surface area contributed by atoms with Crippen LogP contribution in [-0.4, -0.2) is 50.2 Å². The highest BCUT2D eigenvalue weighted by Gasteiger charge is 2.03. The number of esters is 1. The number of unbranched alkanes of at least 4 members (excludes halogenated alkanes) is 1. The quantitative estimate of drug-likeness (QED) is 0.443. The minimum absolute atomic E-state index is 0.142. The average molecular weight is 244 g/mol. The van der Waals surface area contributed by atoms with Gasteiger partial charge in [-0.1, -0.05) is 27.2 Å². The third kappa shape index (κ3) is 10.3. The van der Waals surface area contributed by atoms with Gasteiger partial charge in [0.15, 0.2) is 0 Å². The van der Waals surface area contributed by atoms with Gasteiger partial charge in [0.1, 0.15) is 0 Å². The van der Waals surface area contributed by atoms with E-state index in [4.69, 9.17) is 4.74 Å². The van der Waals surface area contributed by atoms with E-state index in [1.54, 1.807) is 0 Å². The van der Waals surface area contributed by atoms with E-state index in [1.165, 1.54) is 6.42 Å². The van der Waals surface area contributed by atoms with Crippen molar-refractivity contribution in [1.29, 1.82) is 0 Å². The third-order valence-corrected chi connectivity index (χ3v) is 2.62. The van der Waals surface area contributed by atoms with Crippen molar-refractivity contribution < 1.29 is 9.53 Å². The lowest BCUT2D eigenvalue weighted by molar-refractivity contribution is -0.142. The van der Waals surface area contributed by atoms with E-state index >= 15 is 0 Å². The normalized spacial score (nSPS) is 10.8. The first kappa shape index (κ1) is 16.4. The molecule has 4 nitrogen and oxygen atoms in total. The van der Waals surface area contributed by atoms with Gasteiger partial charge in [-0.2, -0.15) is 0 Å². The largest absolute Gasteiger partial charge is 0.465 e. The Morgan fingerprint density at radius 2 is 1.94 bits per heavy atom. The molecule has 0 saturated heterocycles. The molecule has 0 radical (unpaired) electrons. The Balaban J connectivity index is 3.39. The Morgan fingerprint density at radius 1 is 1.18 bits per heavy atom. The van der Waals surface area contributed by atoms with Crippen molar-refractivity contribution in [3.05, 3.63) is 0 Å². The molecule has 1 N–H and O–H groups in total. The van der Waals surface area contributed by atoms with E-state index in [9.17, 15) is 4.79 Å². The second-order valence-corrected chi connectivity index (χ2v) is 4.19. The first-order chi connectivity index (χ1) is 8.24. The lowest BCUT2D eigenvalue weighted by Gasteiger charge is -2.19. The van der Waals surface area contributed by atoms with Gasteiger partial charge in [0, 0.05) is 13.1 Å². The molecule has 102 valence electrons. The Bertz CT molecular complexity index is 186. The summed E-state index contributed by atoms with van der Waals surface area (Å²) in [6.07, 6.45) is 3.18. The molecule has 0 amide bonds. The van der Waals surface area contributed by atoms with Crippen LogP contribution < -0.4 is 5.32 Å². The molecule has 0 spiro atoms. The maximum atomic E-state index is 11.3. The molecule has 4 heteroatoms. The lowest BCUT2D eigenvalue weighted by atomic mass is 10.4. The van der Waals surface area contributed by atoms with Gasteiger partial charge in [0.05, 0.1) is 13.2 Å². The summed E-state index contributed by atoms with van der Waals surface area (Å²) in [5, 5.41) is 3.12. The van der Waals surface area contributed by atoms with Gasteiger partial charge in [0.25, 0.3) is 0 Å². The fourth-order valence-electron chi connectivity index (χ4n) is 1.55. The number of rotatable bonds is 11. The molecular formula is C13H28N2O2. The SMILES string of the molecule is CCCCOC(=O)CNCCN(CC)CCC. The topological polar surface area (TPSA) is 41.6 Å². The highest BCUT2D eigenvalue weighted by Crippen LogP contribution is 1.90. The van der Waals surface area contributed by atoms with Crippen molar-refractivity contribution in [2.24, 2.45) is 0 Å². The molecule has 0 unspecified atom stereocenters. The molecule has 0 heterocycles. The molecule has 0 aliphatic heterocycles. The van der Waals surface area contributed by atoms with E-state index in [-0.39, 0.29) is 5.97 Å². The number of hydrogen-bond donors (Lipinski definition) is 1. The second kappa shape index (κ2) is 11.9. The molecular weight excluding hydrogens is 216 g/mol. The predicted octanol–water partition coefficient (Wildman–Crippen LogP) is 1.65. The van der Waals surface area contributed by atoms with Crippen LogP contribution in [0.2, 0.25) is 0 Å². The maximum Gasteiger partial charge on any atom is 0.319 e.